The molecule has 5 aliphatic rings. The molecule has 0 aromatic rings. The van der Waals surface area contributed by atoms with Gasteiger partial charge in [0.25, 0.3) is 0 Å². The highest BCUT2D eigenvalue weighted by atomic mass is 16.6. The van der Waals surface area contributed by atoms with E-state index in [2.05, 4.69) is 6.58 Å². The van der Waals surface area contributed by atoms with Crippen LogP contribution in [0, 0.1) is 34.5 Å². The van der Waals surface area contributed by atoms with Crippen LogP contribution in [0.15, 0.2) is 12.2 Å². The van der Waals surface area contributed by atoms with Crippen LogP contribution in [0.25, 0.3) is 0 Å². The molecular formula is C19H24O5. The molecule has 0 radical (unpaired) electrons. The number of aliphatic hydroxyl groups excluding tert-OH is 1. The van der Waals surface area contributed by atoms with E-state index >= 15 is 0 Å². The lowest BCUT2D eigenvalue weighted by molar-refractivity contribution is -0.162. The van der Waals surface area contributed by atoms with Crippen molar-refractivity contribution >= 4 is 11.9 Å². The molecule has 1 heterocycles. The molecule has 1 unspecified atom stereocenters. The second-order valence-corrected chi connectivity index (χ2v) is 9.07. The van der Waals surface area contributed by atoms with Gasteiger partial charge in [-0.2, -0.15) is 0 Å². The number of aliphatic carboxylic acids is 1. The number of esters is 1. The summed E-state index contributed by atoms with van der Waals surface area (Å²) in [5.74, 6) is -1.78. The summed E-state index contributed by atoms with van der Waals surface area (Å²) < 4.78 is 6.01. The van der Waals surface area contributed by atoms with Crippen molar-refractivity contribution in [2.75, 3.05) is 0 Å². The molecule has 1 spiro atoms. The Balaban J connectivity index is 1.76. The fourth-order valence-corrected chi connectivity index (χ4v) is 7.66. The molecule has 0 aromatic heterocycles. The van der Waals surface area contributed by atoms with Gasteiger partial charge >= 0.3 is 11.9 Å². The zero-order chi connectivity index (χ0) is 17.1. The van der Waals surface area contributed by atoms with Crippen molar-refractivity contribution in [1.29, 1.82) is 0 Å². The van der Waals surface area contributed by atoms with Gasteiger partial charge in [-0.25, -0.2) is 0 Å². The van der Waals surface area contributed by atoms with E-state index in [-0.39, 0.29) is 11.3 Å². The maximum atomic E-state index is 12.7. The SMILES string of the molecule is C=C1C[C@]23C[C@H]1CC[C@@H]2[C@@]12CC[C@H](O)C(C)(C(=O)O1)[C@@H]2[C@@H]3C(=O)O. The highest BCUT2D eigenvalue weighted by Crippen LogP contribution is 2.77. The Morgan fingerprint density at radius 2 is 2.08 bits per heavy atom. The van der Waals surface area contributed by atoms with E-state index in [1.165, 1.54) is 5.57 Å². The summed E-state index contributed by atoms with van der Waals surface area (Å²) in [5, 5.41) is 20.8. The zero-order valence-corrected chi connectivity index (χ0v) is 14.0. The quantitative estimate of drug-likeness (QED) is 0.568. The predicted molar refractivity (Wildman–Crippen MR) is 83.8 cm³/mol. The number of rotatable bonds is 1. The first-order valence-electron chi connectivity index (χ1n) is 9.09. The molecule has 5 nitrogen and oxygen atoms in total. The van der Waals surface area contributed by atoms with Gasteiger partial charge < -0.3 is 14.9 Å². The van der Waals surface area contributed by atoms with Crippen LogP contribution in [0.5, 0.6) is 0 Å². The number of aliphatic hydroxyl groups is 1. The standard InChI is InChI=1S/C19H24O5/c1-9-7-18-8-10(9)3-4-11(18)19-6-5-12(20)17(2,16(23)24-19)14(19)13(18)15(21)22/h10-14,20H,1,3-8H2,2H3,(H,21,22)/t10-,11+,12+,13-,14+,17?,18+,19-/m1/s1. The van der Waals surface area contributed by atoms with Gasteiger partial charge in [-0.15, -0.1) is 0 Å². The minimum atomic E-state index is -1.09. The van der Waals surface area contributed by atoms with Crippen molar-refractivity contribution in [3.05, 3.63) is 12.2 Å². The zero-order valence-electron chi connectivity index (χ0n) is 14.0. The summed E-state index contributed by atoms with van der Waals surface area (Å²) in [5.41, 5.74) is -0.953. The number of allylic oxidation sites excluding steroid dienone is 1. The average Bonchev–Trinajstić information content (AvgIpc) is 2.98. The maximum absolute atomic E-state index is 12.7. The molecule has 4 saturated carbocycles. The largest absolute Gasteiger partial charge is 0.481 e. The number of carboxylic acids is 1. The van der Waals surface area contributed by atoms with Gasteiger partial charge in [-0.05, 0) is 56.8 Å². The molecule has 4 bridgehead atoms. The van der Waals surface area contributed by atoms with Crippen LogP contribution in [0.1, 0.15) is 45.4 Å². The Morgan fingerprint density at radius 3 is 2.79 bits per heavy atom. The fourth-order valence-electron chi connectivity index (χ4n) is 7.66. The van der Waals surface area contributed by atoms with Crippen molar-refractivity contribution in [3.8, 4) is 0 Å². The van der Waals surface area contributed by atoms with Crippen molar-refractivity contribution in [1.82, 2.24) is 0 Å². The van der Waals surface area contributed by atoms with Gasteiger partial charge in [-0.3, -0.25) is 9.59 Å². The van der Waals surface area contributed by atoms with Crippen molar-refractivity contribution in [2.45, 2.75) is 57.2 Å². The van der Waals surface area contributed by atoms with Crippen LogP contribution in [-0.2, 0) is 14.3 Å². The minimum Gasteiger partial charge on any atom is -0.481 e. The third-order valence-corrected chi connectivity index (χ3v) is 8.46. The molecule has 4 aliphatic carbocycles. The smallest absolute Gasteiger partial charge is 0.315 e. The number of hydrogen-bond donors (Lipinski definition) is 2. The third-order valence-electron chi connectivity index (χ3n) is 8.46. The number of carboxylic acid groups (broad SMARTS) is 1. The molecule has 1 saturated heterocycles. The monoisotopic (exact) mass is 332 g/mol. The number of carbonyl (C=O) groups excluding carboxylic acids is 1. The number of ether oxygens (including phenoxy) is 1. The summed E-state index contributed by atoms with van der Waals surface area (Å²) in [6.45, 7) is 5.95. The molecule has 0 aromatic carbocycles. The summed E-state index contributed by atoms with van der Waals surface area (Å²) >= 11 is 0. The minimum absolute atomic E-state index is 0.0878. The second-order valence-electron chi connectivity index (χ2n) is 9.07. The van der Waals surface area contributed by atoms with E-state index in [1.54, 1.807) is 6.92 Å². The first kappa shape index (κ1) is 14.9. The Kier molecular flexibility index (Phi) is 2.53. The molecule has 24 heavy (non-hydrogen) atoms. The molecule has 2 N–H and O–H groups in total. The molecule has 1 aliphatic heterocycles. The fraction of sp³-hybridized carbons (Fsp3) is 0.789. The first-order valence-corrected chi connectivity index (χ1v) is 9.09. The van der Waals surface area contributed by atoms with Gasteiger partial charge in [0.1, 0.15) is 5.60 Å². The topological polar surface area (TPSA) is 83.8 Å². The number of fused-ring (bicyclic) bond motifs is 1. The van der Waals surface area contributed by atoms with E-state index in [4.69, 9.17) is 4.74 Å². The highest BCUT2D eigenvalue weighted by Gasteiger charge is 2.83. The highest BCUT2D eigenvalue weighted by molar-refractivity contribution is 5.85. The summed E-state index contributed by atoms with van der Waals surface area (Å²) in [4.78, 5) is 25.1. The number of carbonyl (C=O) groups is 2. The van der Waals surface area contributed by atoms with E-state index in [0.717, 1.165) is 25.7 Å². The van der Waals surface area contributed by atoms with E-state index < -0.39 is 40.9 Å². The number of hydrogen-bond acceptors (Lipinski definition) is 4. The Morgan fingerprint density at radius 1 is 1.33 bits per heavy atom. The average molecular weight is 332 g/mol. The van der Waals surface area contributed by atoms with Crippen LogP contribution in [0.3, 0.4) is 0 Å². The summed E-state index contributed by atoms with van der Waals surface area (Å²) in [6.07, 6.45) is 3.81. The normalized spacial score (nSPS) is 57.5. The van der Waals surface area contributed by atoms with Gasteiger partial charge in [-0.1, -0.05) is 12.2 Å². The van der Waals surface area contributed by atoms with E-state index in [1.807, 2.05) is 0 Å². The lowest BCUT2D eigenvalue weighted by Crippen LogP contribution is -2.53. The second kappa shape index (κ2) is 4.06. The Bertz CT molecular complexity index is 685. The summed E-state index contributed by atoms with van der Waals surface area (Å²) in [7, 11) is 0. The third kappa shape index (κ3) is 1.29. The van der Waals surface area contributed by atoms with Crippen LogP contribution >= 0.6 is 0 Å². The molecule has 5 rings (SSSR count). The van der Waals surface area contributed by atoms with Crippen LogP contribution in [0.2, 0.25) is 0 Å². The van der Waals surface area contributed by atoms with Gasteiger partial charge in [0, 0.05) is 11.8 Å². The van der Waals surface area contributed by atoms with Gasteiger partial charge in [0.05, 0.1) is 17.4 Å². The van der Waals surface area contributed by atoms with Gasteiger partial charge in [0.15, 0.2) is 0 Å². The molecule has 0 amide bonds. The van der Waals surface area contributed by atoms with Crippen LogP contribution < -0.4 is 0 Å². The predicted octanol–water partition coefficient (Wildman–Crippen LogP) is 2.14. The van der Waals surface area contributed by atoms with E-state index in [0.29, 0.717) is 18.8 Å². The molecular weight excluding hydrogens is 308 g/mol. The van der Waals surface area contributed by atoms with Crippen LogP contribution in [0.4, 0.5) is 0 Å². The van der Waals surface area contributed by atoms with Crippen molar-refractivity contribution in [3.63, 3.8) is 0 Å². The lowest BCUT2D eigenvalue weighted by atomic mass is 9.59. The molecule has 5 heteroatoms. The Hall–Kier alpha value is -1.36. The molecule has 8 atom stereocenters. The first-order chi connectivity index (χ1) is 11.3. The summed E-state index contributed by atoms with van der Waals surface area (Å²) in [6, 6.07) is 0. The molecule has 5 fully saturated rings. The molecule has 130 valence electrons. The Labute approximate surface area is 141 Å². The van der Waals surface area contributed by atoms with Crippen molar-refractivity contribution < 1.29 is 24.5 Å². The lowest BCUT2D eigenvalue weighted by Gasteiger charge is -2.44. The van der Waals surface area contributed by atoms with E-state index in [9.17, 15) is 19.8 Å². The van der Waals surface area contributed by atoms with Crippen LogP contribution in [-0.4, -0.2) is 33.9 Å². The van der Waals surface area contributed by atoms with Gasteiger partial charge in [0.2, 0.25) is 0 Å². The van der Waals surface area contributed by atoms with Crippen molar-refractivity contribution in [2.24, 2.45) is 34.5 Å². The maximum Gasteiger partial charge on any atom is 0.315 e.